The summed E-state index contributed by atoms with van der Waals surface area (Å²) in [7, 11) is 2.17. The average Bonchev–Trinajstić information content (AvgIpc) is 2.75. The van der Waals surface area contributed by atoms with Crippen LogP contribution in [0.1, 0.15) is 23.2 Å². The molecular formula is C21H32N4O2. The van der Waals surface area contributed by atoms with Crippen LogP contribution in [0.5, 0.6) is 0 Å². The molecule has 0 atom stereocenters. The van der Waals surface area contributed by atoms with Crippen LogP contribution in [0.25, 0.3) is 0 Å². The summed E-state index contributed by atoms with van der Waals surface area (Å²) in [6.45, 7) is 9.68. The van der Waals surface area contributed by atoms with E-state index in [1.54, 1.807) is 0 Å². The number of hydrogen-bond donors (Lipinski definition) is 0. The Kier molecular flexibility index (Phi) is 5.95. The molecule has 0 aliphatic carbocycles. The summed E-state index contributed by atoms with van der Waals surface area (Å²) in [5, 5.41) is 0. The van der Waals surface area contributed by atoms with Gasteiger partial charge in [-0.2, -0.15) is 0 Å². The molecule has 1 aromatic carbocycles. The van der Waals surface area contributed by atoms with Gasteiger partial charge in [0.2, 0.25) is 0 Å². The molecular weight excluding hydrogens is 340 g/mol. The molecule has 0 aromatic heterocycles. The zero-order valence-corrected chi connectivity index (χ0v) is 16.5. The molecule has 0 saturated carbocycles. The van der Waals surface area contributed by atoms with Crippen LogP contribution in [0.4, 0.5) is 5.69 Å². The van der Waals surface area contributed by atoms with Crippen LogP contribution in [0.15, 0.2) is 24.3 Å². The Morgan fingerprint density at radius 1 is 0.889 bits per heavy atom. The van der Waals surface area contributed by atoms with Gasteiger partial charge >= 0.3 is 0 Å². The van der Waals surface area contributed by atoms with Crippen molar-refractivity contribution in [2.24, 2.45) is 0 Å². The second kappa shape index (κ2) is 8.59. The Morgan fingerprint density at radius 3 is 2.15 bits per heavy atom. The molecule has 0 spiro atoms. The van der Waals surface area contributed by atoms with Crippen molar-refractivity contribution in [2.45, 2.75) is 18.9 Å². The number of rotatable bonds is 3. The summed E-state index contributed by atoms with van der Waals surface area (Å²) in [6, 6.07) is 8.86. The van der Waals surface area contributed by atoms with Crippen LogP contribution < -0.4 is 4.90 Å². The number of carbonyl (C=O) groups excluding carboxylic acids is 1. The van der Waals surface area contributed by atoms with E-state index in [1.165, 1.54) is 5.69 Å². The molecule has 6 heteroatoms. The first-order chi connectivity index (χ1) is 13.2. The van der Waals surface area contributed by atoms with Crippen molar-refractivity contribution in [3.63, 3.8) is 0 Å². The lowest BCUT2D eigenvalue weighted by Gasteiger charge is -2.40. The maximum Gasteiger partial charge on any atom is 0.253 e. The highest BCUT2D eigenvalue weighted by Crippen LogP contribution is 2.20. The second-order valence-corrected chi connectivity index (χ2v) is 8.01. The maximum atomic E-state index is 12.9. The normalized spacial score (nSPS) is 23.6. The number of carbonyl (C=O) groups is 1. The molecule has 0 radical (unpaired) electrons. The topological polar surface area (TPSA) is 39.3 Å². The molecule has 3 heterocycles. The molecule has 0 N–H and O–H groups in total. The Balaban J connectivity index is 1.30. The summed E-state index contributed by atoms with van der Waals surface area (Å²) < 4.78 is 5.47. The van der Waals surface area contributed by atoms with Crippen LogP contribution in [0.2, 0.25) is 0 Å². The SMILES string of the molecule is CN1CCN(c2ccc(C(=O)N3CCN(C4CCOCC4)CC3)cc2)CC1. The second-order valence-electron chi connectivity index (χ2n) is 8.01. The van der Waals surface area contributed by atoms with E-state index in [9.17, 15) is 4.79 Å². The third-order valence-electron chi connectivity index (χ3n) is 6.29. The summed E-state index contributed by atoms with van der Waals surface area (Å²) in [4.78, 5) is 22.2. The van der Waals surface area contributed by atoms with Crippen molar-refractivity contribution in [1.82, 2.24) is 14.7 Å². The third kappa shape index (κ3) is 4.45. The number of likely N-dealkylation sites (N-methyl/N-ethyl adjacent to an activating group) is 1. The largest absolute Gasteiger partial charge is 0.381 e. The highest BCUT2D eigenvalue weighted by atomic mass is 16.5. The predicted octanol–water partition coefficient (Wildman–Crippen LogP) is 1.38. The maximum absolute atomic E-state index is 12.9. The molecule has 3 saturated heterocycles. The van der Waals surface area contributed by atoms with Gasteiger partial charge in [-0.05, 0) is 44.2 Å². The van der Waals surface area contributed by atoms with Gasteiger partial charge in [-0.3, -0.25) is 9.69 Å². The number of piperazine rings is 2. The number of anilines is 1. The quantitative estimate of drug-likeness (QED) is 0.802. The molecule has 4 rings (SSSR count). The van der Waals surface area contributed by atoms with Gasteiger partial charge in [0, 0.05) is 82.9 Å². The van der Waals surface area contributed by atoms with Crippen molar-refractivity contribution in [3.05, 3.63) is 29.8 Å². The number of ether oxygens (including phenoxy) is 1. The summed E-state index contributed by atoms with van der Waals surface area (Å²) in [6.07, 6.45) is 2.25. The fraction of sp³-hybridized carbons (Fsp3) is 0.667. The van der Waals surface area contributed by atoms with Crippen LogP contribution in [-0.2, 0) is 4.74 Å². The monoisotopic (exact) mass is 372 g/mol. The fourth-order valence-corrected chi connectivity index (χ4v) is 4.40. The lowest BCUT2D eigenvalue weighted by atomic mass is 10.1. The number of nitrogens with zero attached hydrogens (tertiary/aromatic N) is 4. The molecule has 0 bridgehead atoms. The summed E-state index contributed by atoms with van der Waals surface area (Å²) >= 11 is 0. The van der Waals surface area contributed by atoms with E-state index in [-0.39, 0.29) is 5.91 Å². The van der Waals surface area contributed by atoms with Gasteiger partial charge < -0.3 is 19.4 Å². The summed E-state index contributed by atoms with van der Waals surface area (Å²) in [5.74, 6) is 0.173. The Morgan fingerprint density at radius 2 is 1.52 bits per heavy atom. The van der Waals surface area contributed by atoms with Crippen molar-refractivity contribution in [2.75, 3.05) is 77.5 Å². The van der Waals surface area contributed by atoms with Gasteiger partial charge in [0.05, 0.1) is 0 Å². The Hall–Kier alpha value is -1.63. The Labute approximate surface area is 162 Å². The first-order valence-electron chi connectivity index (χ1n) is 10.4. The number of hydrogen-bond acceptors (Lipinski definition) is 5. The molecule has 6 nitrogen and oxygen atoms in total. The molecule has 3 aliphatic rings. The van der Waals surface area contributed by atoms with E-state index < -0.39 is 0 Å². The van der Waals surface area contributed by atoms with Gasteiger partial charge in [-0.1, -0.05) is 0 Å². The van der Waals surface area contributed by atoms with Crippen LogP contribution >= 0.6 is 0 Å². The third-order valence-corrected chi connectivity index (χ3v) is 6.29. The molecule has 1 amide bonds. The minimum Gasteiger partial charge on any atom is -0.381 e. The average molecular weight is 373 g/mol. The predicted molar refractivity (Wildman–Crippen MR) is 107 cm³/mol. The fourth-order valence-electron chi connectivity index (χ4n) is 4.40. The lowest BCUT2D eigenvalue weighted by molar-refractivity contribution is 0.0137. The minimum absolute atomic E-state index is 0.173. The van der Waals surface area contributed by atoms with Crippen LogP contribution in [-0.4, -0.2) is 99.3 Å². The standard InChI is InChI=1S/C21H32N4O2/c1-22-8-10-23(11-9-22)19-4-2-18(3-5-19)21(26)25-14-12-24(13-15-25)20-6-16-27-17-7-20/h2-5,20H,6-17H2,1H3. The zero-order chi connectivity index (χ0) is 18.6. The molecule has 3 aliphatic heterocycles. The lowest BCUT2D eigenvalue weighted by Crippen LogP contribution is -2.53. The molecule has 0 unspecified atom stereocenters. The van der Waals surface area contributed by atoms with E-state index in [2.05, 4.69) is 33.9 Å². The van der Waals surface area contributed by atoms with E-state index in [0.717, 1.165) is 84.0 Å². The van der Waals surface area contributed by atoms with Crippen molar-refractivity contribution >= 4 is 11.6 Å². The zero-order valence-electron chi connectivity index (χ0n) is 16.5. The van der Waals surface area contributed by atoms with Gasteiger partial charge in [-0.15, -0.1) is 0 Å². The van der Waals surface area contributed by atoms with E-state index in [0.29, 0.717) is 6.04 Å². The van der Waals surface area contributed by atoms with E-state index in [1.807, 2.05) is 17.0 Å². The molecule has 3 fully saturated rings. The molecule has 148 valence electrons. The highest BCUT2D eigenvalue weighted by Gasteiger charge is 2.27. The van der Waals surface area contributed by atoms with Gasteiger partial charge in [-0.25, -0.2) is 0 Å². The number of benzene rings is 1. The highest BCUT2D eigenvalue weighted by molar-refractivity contribution is 5.94. The van der Waals surface area contributed by atoms with E-state index in [4.69, 9.17) is 4.74 Å². The Bertz CT molecular complexity index is 614. The smallest absolute Gasteiger partial charge is 0.253 e. The van der Waals surface area contributed by atoms with Crippen molar-refractivity contribution in [1.29, 1.82) is 0 Å². The minimum atomic E-state index is 0.173. The van der Waals surface area contributed by atoms with Crippen molar-refractivity contribution < 1.29 is 9.53 Å². The van der Waals surface area contributed by atoms with Crippen LogP contribution in [0.3, 0.4) is 0 Å². The van der Waals surface area contributed by atoms with E-state index >= 15 is 0 Å². The first-order valence-corrected chi connectivity index (χ1v) is 10.4. The summed E-state index contributed by atoms with van der Waals surface area (Å²) in [5.41, 5.74) is 2.04. The van der Waals surface area contributed by atoms with Crippen LogP contribution in [0, 0.1) is 0 Å². The number of amides is 1. The van der Waals surface area contributed by atoms with Gasteiger partial charge in [0.1, 0.15) is 0 Å². The first kappa shape index (κ1) is 18.7. The molecule has 1 aromatic rings. The molecule has 27 heavy (non-hydrogen) atoms. The van der Waals surface area contributed by atoms with Gasteiger partial charge in [0.15, 0.2) is 0 Å². The van der Waals surface area contributed by atoms with Crippen molar-refractivity contribution in [3.8, 4) is 0 Å². The van der Waals surface area contributed by atoms with Gasteiger partial charge in [0.25, 0.3) is 5.91 Å².